The number of nitrogens with two attached hydrogens (primary N) is 1. The molecule has 0 aromatic heterocycles. The number of nitrogen functional groups attached to an aromatic ring is 1. The zero-order chi connectivity index (χ0) is 20.8. The van der Waals surface area contributed by atoms with E-state index in [1.54, 1.807) is 18.2 Å². The van der Waals surface area contributed by atoms with Gasteiger partial charge in [0.1, 0.15) is 0 Å². The van der Waals surface area contributed by atoms with Gasteiger partial charge in [-0.1, -0.05) is 70.5 Å². The molecule has 0 saturated heterocycles. The molecule has 3 N–H and O–H groups in total. The van der Waals surface area contributed by atoms with Crippen LogP contribution in [0.1, 0.15) is 28.4 Å². The van der Waals surface area contributed by atoms with Gasteiger partial charge in [0.2, 0.25) is 0 Å². The predicted molar refractivity (Wildman–Crippen MR) is 117 cm³/mol. The van der Waals surface area contributed by atoms with Crippen molar-refractivity contribution in [1.82, 2.24) is 5.32 Å². The average molecular weight is 453 g/mol. The summed E-state index contributed by atoms with van der Waals surface area (Å²) in [6.07, 6.45) is 0.0147. The highest BCUT2D eigenvalue weighted by atomic mass is 79.9. The summed E-state index contributed by atoms with van der Waals surface area (Å²) in [4.78, 5) is 24.7. The van der Waals surface area contributed by atoms with E-state index in [0.29, 0.717) is 11.3 Å². The van der Waals surface area contributed by atoms with Crippen LogP contribution in [-0.2, 0) is 9.53 Å². The molecule has 29 heavy (non-hydrogen) atoms. The first-order valence-corrected chi connectivity index (χ1v) is 9.85. The standard InChI is InChI=1S/C23H21BrN2O3/c1-29-22(27)14-21(26-23(28)19-13-18(24)11-12-20(19)25)17-9-7-16(8-10-17)15-5-3-2-4-6-15/h2-13,21H,14,25H2,1H3,(H,26,28). The van der Waals surface area contributed by atoms with Crippen LogP contribution in [0.25, 0.3) is 11.1 Å². The van der Waals surface area contributed by atoms with Crippen LogP contribution in [0.2, 0.25) is 0 Å². The number of hydrogen-bond donors (Lipinski definition) is 2. The van der Waals surface area contributed by atoms with Gasteiger partial charge in [0.25, 0.3) is 5.91 Å². The minimum absolute atomic E-state index is 0.0147. The van der Waals surface area contributed by atoms with E-state index >= 15 is 0 Å². The van der Waals surface area contributed by atoms with E-state index in [1.165, 1.54) is 7.11 Å². The molecular formula is C23H21BrN2O3. The number of nitrogens with one attached hydrogen (secondary N) is 1. The summed E-state index contributed by atoms with van der Waals surface area (Å²) in [7, 11) is 1.33. The Hall–Kier alpha value is -3.12. The first-order valence-electron chi connectivity index (χ1n) is 9.06. The second-order valence-electron chi connectivity index (χ2n) is 6.53. The third-order valence-electron chi connectivity index (χ3n) is 4.58. The molecule has 1 amide bonds. The number of anilines is 1. The molecule has 0 spiro atoms. The lowest BCUT2D eigenvalue weighted by Gasteiger charge is -2.19. The molecule has 148 valence electrons. The minimum Gasteiger partial charge on any atom is -0.469 e. The zero-order valence-corrected chi connectivity index (χ0v) is 17.5. The molecular weight excluding hydrogens is 432 g/mol. The number of hydrogen-bond acceptors (Lipinski definition) is 4. The van der Waals surface area contributed by atoms with Crippen molar-refractivity contribution in [3.63, 3.8) is 0 Å². The number of ether oxygens (including phenoxy) is 1. The number of carbonyl (C=O) groups is 2. The Morgan fingerprint density at radius 1 is 1.00 bits per heavy atom. The quantitative estimate of drug-likeness (QED) is 0.418. The third-order valence-corrected chi connectivity index (χ3v) is 5.08. The number of methoxy groups -OCH3 is 1. The maximum atomic E-state index is 12.8. The lowest BCUT2D eigenvalue weighted by molar-refractivity contribution is -0.141. The highest BCUT2D eigenvalue weighted by Gasteiger charge is 2.21. The minimum atomic E-state index is -0.543. The van der Waals surface area contributed by atoms with E-state index in [1.807, 2.05) is 54.6 Å². The highest BCUT2D eigenvalue weighted by Crippen LogP contribution is 2.25. The second-order valence-corrected chi connectivity index (χ2v) is 7.44. The maximum Gasteiger partial charge on any atom is 0.307 e. The summed E-state index contributed by atoms with van der Waals surface area (Å²) in [6.45, 7) is 0. The van der Waals surface area contributed by atoms with Gasteiger partial charge in [0, 0.05) is 10.2 Å². The number of benzene rings is 3. The van der Waals surface area contributed by atoms with E-state index < -0.39 is 12.0 Å². The van der Waals surface area contributed by atoms with Crippen molar-refractivity contribution >= 4 is 33.5 Å². The fourth-order valence-corrected chi connectivity index (χ4v) is 3.36. The normalized spacial score (nSPS) is 11.5. The molecule has 0 radical (unpaired) electrons. The van der Waals surface area contributed by atoms with E-state index in [9.17, 15) is 9.59 Å². The molecule has 0 bridgehead atoms. The van der Waals surface area contributed by atoms with Crippen LogP contribution < -0.4 is 11.1 Å². The highest BCUT2D eigenvalue weighted by molar-refractivity contribution is 9.10. The number of carbonyl (C=O) groups excluding carboxylic acids is 2. The molecule has 6 heteroatoms. The summed E-state index contributed by atoms with van der Waals surface area (Å²) in [5.74, 6) is -0.769. The summed E-state index contributed by atoms with van der Waals surface area (Å²) in [5, 5.41) is 2.90. The van der Waals surface area contributed by atoms with Gasteiger partial charge in [-0.15, -0.1) is 0 Å². The molecule has 0 saturated carbocycles. The Balaban J connectivity index is 1.86. The molecule has 5 nitrogen and oxygen atoms in total. The summed E-state index contributed by atoms with van der Waals surface area (Å²) >= 11 is 3.35. The fraction of sp³-hybridized carbons (Fsp3) is 0.130. The molecule has 3 aromatic rings. The van der Waals surface area contributed by atoms with Crippen molar-refractivity contribution in [3.05, 3.63) is 88.4 Å². The topological polar surface area (TPSA) is 81.4 Å². The van der Waals surface area contributed by atoms with Crippen LogP contribution >= 0.6 is 15.9 Å². The van der Waals surface area contributed by atoms with Crippen LogP contribution in [0.4, 0.5) is 5.69 Å². The molecule has 0 fully saturated rings. The molecule has 3 aromatic carbocycles. The summed E-state index contributed by atoms with van der Waals surface area (Å²) in [6, 6.07) is 22.2. The van der Waals surface area contributed by atoms with Gasteiger partial charge in [-0.05, 0) is 34.9 Å². The van der Waals surface area contributed by atoms with Crippen LogP contribution in [0.15, 0.2) is 77.3 Å². The Bertz CT molecular complexity index is 1000. The third kappa shape index (κ3) is 5.23. The zero-order valence-electron chi connectivity index (χ0n) is 15.9. The van der Waals surface area contributed by atoms with Crippen molar-refractivity contribution in [3.8, 4) is 11.1 Å². The van der Waals surface area contributed by atoms with Gasteiger partial charge in [-0.3, -0.25) is 9.59 Å². The van der Waals surface area contributed by atoms with E-state index in [-0.39, 0.29) is 12.3 Å². The van der Waals surface area contributed by atoms with Crippen LogP contribution in [0.3, 0.4) is 0 Å². The van der Waals surface area contributed by atoms with Crippen molar-refractivity contribution in [2.45, 2.75) is 12.5 Å². The average Bonchev–Trinajstić information content (AvgIpc) is 2.75. The van der Waals surface area contributed by atoms with Crippen LogP contribution in [-0.4, -0.2) is 19.0 Å². The number of rotatable bonds is 6. The van der Waals surface area contributed by atoms with Gasteiger partial charge < -0.3 is 15.8 Å². The van der Waals surface area contributed by atoms with Gasteiger partial charge >= 0.3 is 5.97 Å². The summed E-state index contributed by atoms with van der Waals surface area (Å²) < 4.78 is 5.55. The second kappa shape index (κ2) is 9.39. The fourth-order valence-electron chi connectivity index (χ4n) is 3.00. The van der Waals surface area contributed by atoms with Crippen molar-refractivity contribution in [2.75, 3.05) is 12.8 Å². The van der Waals surface area contributed by atoms with Crippen molar-refractivity contribution in [1.29, 1.82) is 0 Å². The molecule has 1 unspecified atom stereocenters. The smallest absolute Gasteiger partial charge is 0.307 e. The number of esters is 1. The Morgan fingerprint density at radius 3 is 2.31 bits per heavy atom. The molecule has 0 aliphatic carbocycles. The Morgan fingerprint density at radius 2 is 1.66 bits per heavy atom. The Labute approximate surface area is 178 Å². The van der Waals surface area contributed by atoms with Crippen molar-refractivity contribution in [2.24, 2.45) is 0 Å². The Kier molecular flexibility index (Phi) is 6.67. The lowest BCUT2D eigenvalue weighted by atomic mass is 9.98. The van der Waals surface area contributed by atoms with Crippen molar-refractivity contribution < 1.29 is 14.3 Å². The predicted octanol–water partition coefficient (Wildman–Crippen LogP) is 4.73. The first-order chi connectivity index (χ1) is 14.0. The van der Waals surface area contributed by atoms with E-state index in [2.05, 4.69) is 21.2 Å². The van der Waals surface area contributed by atoms with Crippen LogP contribution in [0, 0.1) is 0 Å². The van der Waals surface area contributed by atoms with Gasteiger partial charge in [0.05, 0.1) is 25.1 Å². The SMILES string of the molecule is COC(=O)CC(NC(=O)c1cc(Br)ccc1N)c1ccc(-c2ccccc2)cc1. The maximum absolute atomic E-state index is 12.8. The largest absolute Gasteiger partial charge is 0.469 e. The first kappa shape index (κ1) is 20.6. The van der Waals surface area contributed by atoms with E-state index in [4.69, 9.17) is 10.5 Å². The van der Waals surface area contributed by atoms with Gasteiger partial charge in [-0.2, -0.15) is 0 Å². The number of amides is 1. The lowest BCUT2D eigenvalue weighted by Crippen LogP contribution is -2.31. The molecule has 0 heterocycles. The molecule has 0 aliphatic heterocycles. The van der Waals surface area contributed by atoms with Crippen LogP contribution in [0.5, 0.6) is 0 Å². The molecule has 1 atom stereocenters. The number of halogens is 1. The van der Waals surface area contributed by atoms with Gasteiger partial charge in [-0.25, -0.2) is 0 Å². The molecule has 0 aliphatic rings. The van der Waals surface area contributed by atoms with E-state index in [0.717, 1.165) is 21.2 Å². The monoisotopic (exact) mass is 452 g/mol. The summed E-state index contributed by atoms with van der Waals surface area (Å²) in [5.41, 5.74) is 9.59. The van der Waals surface area contributed by atoms with Gasteiger partial charge in [0.15, 0.2) is 0 Å². The molecule has 3 rings (SSSR count).